The number of ether oxygens (including phenoxy) is 3. The minimum absolute atomic E-state index is 0.212. The lowest BCUT2D eigenvalue weighted by Crippen LogP contribution is -2.42. The molecule has 2 aromatic rings. The molecular formula is C23H27NO4. The van der Waals surface area contributed by atoms with E-state index in [4.69, 9.17) is 20.6 Å². The van der Waals surface area contributed by atoms with E-state index in [1.54, 1.807) is 14.2 Å². The molecular weight excluding hydrogens is 354 g/mol. The number of rotatable bonds is 7. The van der Waals surface area contributed by atoms with Crippen molar-refractivity contribution >= 4 is 0 Å². The minimum atomic E-state index is -0.853. The van der Waals surface area contributed by atoms with Gasteiger partial charge >= 0.3 is 0 Å². The lowest BCUT2D eigenvalue weighted by atomic mass is 9.84. The van der Waals surface area contributed by atoms with Crippen LogP contribution in [0.1, 0.15) is 24.0 Å². The summed E-state index contributed by atoms with van der Waals surface area (Å²) in [7, 11) is 3.26. The van der Waals surface area contributed by atoms with E-state index >= 15 is 0 Å². The van der Waals surface area contributed by atoms with Crippen LogP contribution in [0.5, 0.6) is 17.2 Å². The fraction of sp³-hybridized carbons (Fsp3) is 0.391. The van der Waals surface area contributed by atoms with Crippen molar-refractivity contribution in [2.24, 2.45) is 0 Å². The highest BCUT2D eigenvalue weighted by atomic mass is 16.5. The van der Waals surface area contributed by atoms with Gasteiger partial charge in [-0.1, -0.05) is 30.2 Å². The third-order valence-electron chi connectivity index (χ3n) is 5.24. The molecule has 0 aliphatic carbocycles. The molecule has 28 heavy (non-hydrogen) atoms. The highest BCUT2D eigenvalue weighted by molar-refractivity contribution is 5.43. The van der Waals surface area contributed by atoms with Crippen molar-refractivity contribution in [2.75, 3.05) is 33.9 Å². The van der Waals surface area contributed by atoms with E-state index in [1.165, 1.54) is 0 Å². The molecule has 1 aliphatic heterocycles. The first-order valence-corrected chi connectivity index (χ1v) is 9.41. The van der Waals surface area contributed by atoms with E-state index < -0.39 is 5.60 Å². The average Bonchev–Trinajstić information content (AvgIpc) is 2.74. The maximum Gasteiger partial charge on any atom is 0.162 e. The molecule has 148 valence electrons. The number of benzene rings is 2. The zero-order valence-corrected chi connectivity index (χ0v) is 16.5. The van der Waals surface area contributed by atoms with Gasteiger partial charge in [0.1, 0.15) is 12.4 Å². The third kappa shape index (κ3) is 4.41. The predicted octanol–water partition coefficient (Wildman–Crippen LogP) is 3.20. The van der Waals surface area contributed by atoms with Gasteiger partial charge in [0, 0.05) is 25.2 Å². The quantitative estimate of drug-likeness (QED) is 0.747. The average molecular weight is 381 g/mol. The van der Waals surface area contributed by atoms with Crippen molar-refractivity contribution in [1.29, 1.82) is 0 Å². The van der Waals surface area contributed by atoms with Gasteiger partial charge in [-0.2, -0.15) is 0 Å². The summed E-state index contributed by atoms with van der Waals surface area (Å²) in [6.45, 7) is 2.59. The van der Waals surface area contributed by atoms with Crippen LogP contribution in [0.15, 0.2) is 42.5 Å². The van der Waals surface area contributed by atoms with Crippen molar-refractivity contribution in [2.45, 2.75) is 25.0 Å². The van der Waals surface area contributed by atoms with Gasteiger partial charge in [-0.25, -0.2) is 0 Å². The second-order valence-electron chi connectivity index (χ2n) is 6.99. The summed E-state index contributed by atoms with van der Waals surface area (Å²) in [6, 6.07) is 13.6. The summed E-state index contributed by atoms with van der Waals surface area (Å²) < 4.78 is 16.4. The predicted molar refractivity (Wildman–Crippen MR) is 109 cm³/mol. The first-order chi connectivity index (χ1) is 13.6. The molecule has 1 heterocycles. The number of hydrogen-bond donors (Lipinski definition) is 1. The molecule has 3 rings (SSSR count). The number of likely N-dealkylation sites (tertiary alicyclic amines) is 1. The van der Waals surface area contributed by atoms with E-state index in [2.05, 4.69) is 10.8 Å². The summed E-state index contributed by atoms with van der Waals surface area (Å²) in [5.41, 5.74) is 1.15. The zero-order valence-electron chi connectivity index (χ0n) is 16.5. The van der Waals surface area contributed by atoms with Crippen LogP contribution in [0, 0.1) is 12.3 Å². The molecule has 2 aromatic carbocycles. The van der Waals surface area contributed by atoms with Gasteiger partial charge in [0.05, 0.1) is 19.8 Å². The molecule has 1 fully saturated rings. The van der Waals surface area contributed by atoms with E-state index in [0.29, 0.717) is 24.3 Å². The van der Waals surface area contributed by atoms with E-state index in [1.807, 2.05) is 42.5 Å². The fourth-order valence-electron chi connectivity index (χ4n) is 3.69. The summed E-state index contributed by atoms with van der Waals surface area (Å²) in [5.74, 6) is 4.52. The molecule has 0 bridgehead atoms. The zero-order chi connectivity index (χ0) is 20.0. The summed E-state index contributed by atoms with van der Waals surface area (Å²) in [6.07, 6.45) is 6.57. The summed E-state index contributed by atoms with van der Waals surface area (Å²) in [4.78, 5) is 2.33. The van der Waals surface area contributed by atoms with Crippen molar-refractivity contribution in [3.63, 3.8) is 0 Å². The number of methoxy groups -OCH3 is 2. The first kappa shape index (κ1) is 20.1. The van der Waals surface area contributed by atoms with E-state index in [9.17, 15) is 5.11 Å². The molecule has 0 atom stereocenters. The van der Waals surface area contributed by atoms with Gasteiger partial charge < -0.3 is 19.3 Å². The van der Waals surface area contributed by atoms with Crippen molar-refractivity contribution in [1.82, 2.24) is 4.90 Å². The normalized spacial score (nSPS) is 16.2. The molecule has 0 unspecified atom stereocenters. The van der Waals surface area contributed by atoms with Gasteiger partial charge in [-0.15, -0.1) is 6.42 Å². The Labute approximate surface area is 166 Å². The number of piperidine rings is 1. The Kier molecular flexibility index (Phi) is 6.45. The van der Waals surface area contributed by atoms with Crippen molar-refractivity contribution < 1.29 is 19.3 Å². The van der Waals surface area contributed by atoms with E-state index in [0.717, 1.165) is 36.5 Å². The smallest absolute Gasteiger partial charge is 0.162 e. The SMILES string of the molecule is C#CCOc1ccc(CN2CCC(O)(c3ccccc3OC)CC2)cc1OC. The third-order valence-corrected chi connectivity index (χ3v) is 5.24. The number of nitrogens with zero attached hydrogens (tertiary/aromatic N) is 1. The Hall–Kier alpha value is -2.68. The summed E-state index contributed by atoms with van der Waals surface area (Å²) >= 11 is 0. The number of para-hydroxylation sites is 1. The van der Waals surface area contributed by atoms with Crippen LogP contribution < -0.4 is 14.2 Å². The van der Waals surface area contributed by atoms with Crippen LogP contribution in [0.2, 0.25) is 0 Å². The fourth-order valence-corrected chi connectivity index (χ4v) is 3.69. The lowest BCUT2D eigenvalue weighted by molar-refractivity contribution is -0.0292. The molecule has 0 amide bonds. The van der Waals surface area contributed by atoms with Crippen LogP contribution >= 0.6 is 0 Å². The van der Waals surface area contributed by atoms with E-state index in [-0.39, 0.29) is 6.61 Å². The monoisotopic (exact) mass is 381 g/mol. The lowest BCUT2D eigenvalue weighted by Gasteiger charge is -2.39. The molecule has 5 heteroatoms. The van der Waals surface area contributed by atoms with Crippen LogP contribution in [-0.2, 0) is 12.1 Å². The standard InChI is InChI=1S/C23H27NO4/c1-4-15-28-21-10-9-18(16-22(21)27-3)17-24-13-11-23(25,12-14-24)19-7-5-6-8-20(19)26-2/h1,5-10,16,25H,11-15,17H2,2-3H3. The molecule has 0 spiro atoms. The van der Waals surface area contributed by atoms with Gasteiger partial charge in [0.25, 0.3) is 0 Å². The number of terminal acetylenes is 1. The Morgan fingerprint density at radius 3 is 2.43 bits per heavy atom. The Balaban J connectivity index is 1.65. The number of aliphatic hydroxyl groups is 1. The van der Waals surface area contributed by atoms with Crippen LogP contribution in [0.25, 0.3) is 0 Å². The van der Waals surface area contributed by atoms with Gasteiger partial charge in [0.15, 0.2) is 11.5 Å². The highest BCUT2D eigenvalue weighted by Crippen LogP contribution is 2.38. The largest absolute Gasteiger partial charge is 0.496 e. The second-order valence-corrected chi connectivity index (χ2v) is 6.99. The van der Waals surface area contributed by atoms with Crippen LogP contribution in [-0.4, -0.2) is 43.9 Å². The maximum atomic E-state index is 11.2. The number of hydrogen-bond acceptors (Lipinski definition) is 5. The van der Waals surface area contributed by atoms with Gasteiger partial charge in [-0.3, -0.25) is 4.90 Å². The molecule has 1 saturated heterocycles. The Morgan fingerprint density at radius 2 is 1.75 bits per heavy atom. The molecule has 1 N–H and O–H groups in total. The Bertz CT molecular complexity index is 835. The first-order valence-electron chi connectivity index (χ1n) is 9.41. The molecule has 0 aromatic heterocycles. The van der Waals surface area contributed by atoms with Gasteiger partial charge in [-0.05, 0) is 36.6 Å². The Morgan fingerprint density at radius 1 is 1.04 bits per heavy atom. The summed E-state index contributed by atoms with van der Waals surface area (Å²) in [5, 5.41) is 11.2. The highest BCUT2D eigenvalue weighted by Gasteiger charge is 2.36. The molecule has 5 nitrogen and oxygen atoms in total. The van der Waals surface area contributed by atoms with Crippen molar-refractivity contribution in [3.8, 4) is 29.6 Å². The van der Waals surface area contributed by atoms with Crippen molar-refractivity contribution in [3.05, 3.63) is 53.6 Å². The molecule has 0 radical (unpaired) electrons. The van der Waals surface area contributed by atoms with Crippen LogP contribution in [0.3, 0.4) is 0 Å². The molecule has 0 saturated carbocycles. The van der Waals surface area contributed by atoms with Crippen LogP contribution in [0.4, 0.5) is 0 Å². The minimum Gasteiger partial charge on any atom is -0.496 e. The second kappa shape index (κ2) is 9.01. The topological polar surface area (TPSA) is 51.2 Å². The maximum absolute atomic E-state index is 11.2. The van der Waals surface area contributed by atoms with Gasteiger partial charge in [0.2, 0.25) is 0 Å². The molecule has 1 aliphatic rings.